The van der Waals surface area contributed by atoms with Crippen molar-refractivity contribution >= 4 is 23.2 Å². The summed E-state index contributed by atoms with van der Waals surface area (Å²) in [6, 6.07) is 11.6. The summed E-state index contributed by atoms with van der Waals surface area (Å²) in [5.74, 6) is 1.33. The molecule has 0 aliphatic heterocycles. The smallest absolute Gasteiger partial charge is 0.161 e. The summed E-state index contributed by atoms with van der Waals surface area (Å²) in [5, 5.41) is 4.08. The maximum Gasteiger partial charge on any atom is 0.161 e. The molecule has 0 radical (unpaired) electrons. The average molecular weight is 404 g/mol. The summed E-state index contributed by atoms with van der Waals surface area (Å²) in [5.41, 5.74) is 3.12. The van der Waals surface area contributed by atoms with E-state index in [-0.39, 0.29) is 5.15 Å². The molecule has 2 heterocycles. The zero-order valence-corrected chi connectivity index (χ0v) is 16.3. The normalized spacial score (nSPS) is 10.6. The molecule has 1 aromatic carbocycles. The van der Waals surface area contributed by atoms with Crippen LogP contribution in [0.25, 0.3) is 0 Å². The highest BCUT2D eigenvalue weighted by Gasteiger charge is 2.08. The molecule has 3 rings (SSSR count). The van der Waals surface area contributed by atoms with Crippen LogP contribution in [-0.2, 0) is 19.7 Å². The maximum atomic E-state index is 5.98. The number of hydrogen-bond donors (Lipinski definition) is 1. The van der Waals surface area contributed by atoms with Crippen LogP contribution in [0.2, 0.25) is 10.2 Å². The molecule has 0 saturated heterocycles. The average Bonchev–Trinajstić information content (AvgIpc) is 2.70. The molecule has 1 N–H and O–H groups in total. The zero-order valence-electron chi connectivity index (χ0n) is 14.8. The molecule has 7 heteroatoms. The molecular formula is C20H19Cl2N3O2. The Kier molecular flexibility index (Phi) is 6.87. The fraction of sp³-hybridized carbons (Fsp3) is 0.200. The van der Waals surface area contributed by atoms with Gasteiger partial charge in [-0.3, -0.25) is 4.98 Å². The zero-order chi connectivity index (χ0) is 19.1. The highest BCUT2D eigenvalue weighted by molar-refractivity contribution is 6.41. The first-order chi connectivity index (χ1) is 13.2. The first-order valence-corrected chi connectivity index (χ1v) is 9.10. The van der Waals surface area contributed by atoms with E-state index in [1.807, 2.05) is 30.3 Å². The Morgan fingerprint density at radius 1 is 0.926 bits per heavy atom. The van der Waals surface area contributed by atoms with E-state index in [9.17, 15) is 0 Å². The van der Waals surface area contributed by atoms with Gasteiger partial charge >= 0.3 is 0 Å². The molecule has 3 aromatic rings. The summed E-state index contributed by atoms with van der Waals surface area (Å²) in [6.07, 6.45) is 5.21. The molecule has 0 saturated carbocycles. The van der Waals surface area contributed by atoms with Crippen molar-refractivity contribution in [3.63, 3.8) is 0 Å². The lowest BCUT2D eigenvalue weighted by molar-refractivity contribution is 0.284. The topological polar surface area (TPSA) is 56.3 Å². The van der Waals surface area contributed by atoms with Crippen LogP contribution >= 0.6 is 23.2 Å². The molecule has 0 unspecified atom stereocenters. The SMILES string of the molecule is COc1cc(CNCc2ccncc2)ccc1OCc1cnc(Cl)c(Cl)c1. The highest BCUT2D eigenvalue weighted by Crippen LogP contribution is 2.29. The number of rotatable bonds is 8. The molecule has 2 aromatic heterocycles. The van der Waals surface area contributed by atoms with Crippen LogP contribution in [0.5, 0.6) is 11.5 Å². The molecule has 0 bridgehead atoms. The lowest BCUT2D eigenvalue weighted by Crippen LogP contribution is -2.12. The highest BCUT2D eigenvalue weighted by atomic mass is 35.5. The minimum atomic E-state index is 0.279. The summed E-state index contributed by atoms with van der Waals surface area (Å²) in [4.78, 5) is 8.03. The van der Waals surface area contributed by atoms with E-state index < -0.39 is 0 Å². The van der Waals surface area contributed by atoms with Crippen molar-refractivity contribution in [3.05, 3.63) is 81.9 Å². The Morgan fingerprint density at radius 2 is 1.70 bits per heavy atom. The molecule has 0 aliphatic carbocycles. The summed E-state index contributed by atoms with van der Waals surface area (Å²) < 4.78 is 11.3. The van der Waals surface area contributed by atoms with E-state index in [0.717, 1.165) is 24.2 Å². The predicted octanol–water partition coefficient (Wildman–Crippen LogP) is 4.66. The van der Waals surface area contributed by atoms with Gasteiger partial charge < -0.3 is 14.8 Å². The molecule has 5 nitrogen and oxygen atoms in total. The first kappa shape index (κ1) is 19.4. The lowest BCUT2D eigenvalue weighted by atomic mass is 10.2. The molecule has 0 fully saturated rings. The largest absolute Gasteiger partial charge is 0.493 e. The Bertz CT molecular complexity index is 892. The van der Waals surface area contributed by atoms with Crippen LogP contribution in [-0.4, -0.2) is 17.1 Å². The van der Waals surface area contributed by atoms with E-state index in [1.54, 1.807) is 31.8 Å². The predicted molar refractivity (Wildman–Crippen MR) is 106 cm³/mol. The third-order valence-corrected chi connectivity index (χ3v) is 4.57. The number of halogens is 2. The van der Waals surface area contributed by atoms with Crippen molar-refractivity contribution < 1.29 is 9.47 Å². The number of hydrogen-bond acceptors (Lipinski definition) is 5. The number of ether oxygens (including phenoxy) is 2. The minimum Gasteiger partial charge on any atom is -0.493 e. The van der Waals surface area contributed by atoms with Crippen LogP contribution < -0.4 is 14.8 Å². The van der Waals surface area contributed by atoms with Gasteiger partial charge in [0.2, 0.25) is 0 Å². The third-order valence-electron chi connectivity index (χ3n) is 3.88. The molecule has 0 aliphatic rings. The number of aromatic nitrogens is 2. The second-order valence-electron chi connectivity index (χ2n) is 5.85. The van der Waals surface area contributed by atoms with Gasteiger partial charge in [0.1, 0.15) is 11.8 Å². The minimum absolute atomic E-state index is 0.279. The van der Waals surface area contributed by atoms with Crippen LogP contribution in [0.3, 0.4) is 0 Å². The molecule has 0 amide bonds. The maximum absolute atomic E-state index is 5.98. The van der Waals surface area contributed by atoms with Crippen LogP contribution in [0.4, 0.5) is 0 Å². The monoisotopic (exact) mass is 403 g/mol. The summed E-state index contributed by atoms with van der Waals surface area (Å²) in [6.45, 7) is 1.81. The van der Waals surface area contributed by atoms with Gasteiger partial charge in [0.25, 0.3) is 0 Å². The van der Waals surface area contributed by atoms with Crippen LogP contribution in [0.1, 0.15) is 16.7 Å². The lowest BCUT2D eigenvalue weighted by Gasteiger charge is -2.13. The van der Waals surface area contributed by atoms with Gasteiger partial charge in [0.05, 0.1) is 12.1 Å². The van der Waals surface area contributed by atoms with Crippen molar-refractivity contribution in [1.82, 2.24) is 15.3 Å². The standard InChI is InChI=1S/C20H19Cl2N3O2/c1-26-19-9-15(11-24-10-14-4-6-23-7-5-14)2-3-18(19)27-13-16-8-17(21)20(22)25-12-16/h2-9,12,24H,10-11,13H2,1H3. The Hall–Kier alpha value is -2.34. The number of nitrogens with zero attached hydrogens (tertiary/aromatic N) is 2. The Morgan fingerprint density at radius 3 is 2.44 bits per heavy atom. The van der Waals surface area contributed by atoms with E-state index >= 15 is 0 Å². The first-order valence-electron chi connectivity index (χ1n) is 8.35. The van der Waals surface area contributed by atoms with Gasteiger partial charge in [0, 0.05) is 37.2 Å². The molecule has 140 valence electrons. The van der Waals surface area contributed by atoms with Gasteiger partial charge in [-0.1, -0.05) is 29.3 Å². The third kappa shape index (κ3) is 5.57. The van der Waals surface area contributed by atoms with Gasteiger partial charge in [0.15, 0.2) is 11.5 Å². The van der Waals surface area contributed by atoms with E-state index in [0.29, 0.717) is 23.1 Å². The Labute approximate surface area is 168 Å². The summed E-state index contributed by atoms with van der Waals surface area (Å²) >= 11 is 11.8. The Balaban J connectivity index is 1.59. The quantitative estimate of drug-likeness (QED) is 0.554. The van der Waals surface area contributed by atoms with Crippen molar-refractivity contribution in [1.29, 1.82) is 0 Å². The van der Waals surface area contributed by atoms with E-state index in [1.165, 1.54) is 5.56 Å². The summed E-state index contributed by atoms with van der Waals surface area (Å²) in [7, 11) is 1.62. The van der Waals surface area contributed by atoms with Crippen molar-refractivity contribution in [3.8, 4) is 11.5 Å². The number of methoxy groups -OCH3 is 1. The van der Waals surface area contributed by atoms with E-state index in [4.69, 9.17) is 32.7 Å². The van der Waals surface area contributed by atoms with Gasteiger partial charge in [-0.2, -0.15) is 0 Å². The number of benzene rings is 1. The van der Waals surface area contributed by atoms with Crippen LogP contribution in [0, 0.1) is 0 Å². The van der Waals surface area contributed by atoms with Gasteiger partial charge in [-0.05, 0) is 41.5 Å². The fourth-order valence-corrected chi connectivity index (χ4v) is 2.79. The second kappa shape index (κ2) is 9.55. The second-order valence-corrected chi connectivity index (χ2v) is 6.61. The molecule has 0 spiro atoms. The molecule has 27 heavy (non-hydrogen) atoms. The molecule has 0 atom stereocenters. The number of pyridine rings is 2. The van der Waals surface area contributed by atoms with Gasteiger partial charge in [-0.15, -0.1) is 0 Å². The van der Waals surface area contributed by atoms with Crippen molar-refractivity contribution in [2.75, 3.05) is 7.11 Å². The van der Waals surface area contributed by atoms with E-state index in [2.05, 4.69) is 15.3 Å². The van der Waals surface area contributed by atoms with Crippen molar-refractivity contribution in [2.24, 2.45) is 0 Å². The van der Waals surface area contributed by atoms with Crippen molar-refractivity contribution in [2.45, 2.75) is 19.7 Å². The molecular weight excluding hydrogens is 385 g/mol. The fourth-order valence-electron chi connectivity index (χ4n) is 2.49. The van der Waals surface area contributed by atoms with Gasteiger partial charge in [-0.25, -0.2) is 4.98 Å². The van der Waals surface area contributed by atoms with Crippen LogP contribution in [0.15, 0.2) is 55.0 Å². The number of nitrogens with one attached hydrogen (secondary N) is 1.